The molecule has 0 spiro atoms. The highest BCUT2D eigenvalue weighted by Crippen LogP contribution is 2.23. The average Bonchev–Trinajstić information content (AvgIpc) is 2.92. The van der Waals surface area contributed by atoms with Crippen molar-refractivity contribution in [2.45, 2.75) is 18.7 Å². The molecule has 118 valence electrons. The lowest BCUT2D eigenvalue weighted by Crippen LogP contribution is -2.12. The Morgan fingerprint density at radius 2 is 1.48 bits per heavy atom. The van der Waals surface area contributed by atoms with Gasteiger partial charge in [-0.3, -0.25) is 4.72 Å². The second-order valence-corrected chi connectivity index (χ2v) is 7.00. The van der Waals surface area contributed by atoms with Crippen molar-refractivity contribution >= 4 is 15.8 Å². The molecule has 0 saturated carbocycles. The fourth-order valence-electron chi connectivity index (χ4n) is 2.18. The molecule has 1 aromatic heterocycles. The number of sulfonamides is 1. The van der Waals surface area contributed by atoms with Gasteiger partial charge in [-0.25, -0.2) is 8.42 Å². The minimum absolute atomic E-state index is 0.171. The van der Waals surface area contributed by atoms with E-state index in [4.69, 9.17) is 4.52 Å². The third-order valence-corrected chi connectivity index (χ3v) is 4.79. The Morgan fingerprint density at radius 1 is 0.913 bits per heavy atom. The summed E-state index contributed by atoms with van der Waals surface area (Å²) in [5, 5.41) is 3.63. The molecule has 5 nitrogen and oxygen atoms in total. The molecule has 1 N–H and O–H groups in total. The first kappa shape index (κ1) is 15.3. The zero-order chi connectivity index (χ0) is 16.4. The predicted octanol–water partition coefficient (Wildman–Crippen LogP) is 3.76. The quantitative estimate of drug-likeness (QED) is 0.791. The zero-order valence-electron chi connectivity index (χ0n) is 12.8. The van der Waals surface area contributed by atoms with Crippen LogP contribution in [0.1, 0.15) is 11.3 Å². The third-order valence-electron chi connectivity index (χ3n) is 3.42. The van der Waals surface area contributed by atoms with Gasteiger partial charge >= 0.3 is 0 Å². The lowest BCUT2D eigenvalue weighted by atomic mass is 10.0. The van der Waals surface area contributed by atoms with Gasteiger partial charge in [-0.05, 0) is 37.1 Å². The summed E-state index contributed by atoms with van der Waals surface area (Å²) in [4.78, 5) is 0.175. The van der Waals surface area contributed by atoms with Gasteiger partial charge in [0.1, 0.15) is 5.76 Å². The monoisotopic (exact) mass is 328 g/mol. The Balaban J connectivity index is 1.85. The fourth-order valence-corrected chi connectivity index (χ4v) is 3.17. The van der Waals surface area contributed by atoms with Crippen LogP contribution in [0.5, 0.6) is 0 Å². The van der Waals surface area contributed by atoms with E-state index in [1.165, 1.54) is 11.6 Å². The molecular weight excluding hydrogens is 312 g/mol. The molecule has 0 aliphatic rings. The van der Waals surface area contributed by atoms with E-state index in [0.717, 1.165) is 11.1 Å². The van der Waals surface area contributed by atoms with Crippen molar-refractivity contribution < 1.29 is 12.9 Å². The molecule has 6 heteroatoms. The van der Waals surface area contributed by atoms with E-state index < -0.39 is 10.0 Å². The minimum Gasteiger partial charge on any atom is -0.360 e. The number of aromatic nitrogens is 1. The standard InChI is InChI=1S/C17H16N2O3S/c1-12-3-5-14(6-4-12)15-7-9-16(10-8-15)23(20,21)19-17-11-13(2)22-18-17/h3-11H,1-2H3,(H,18,19). The summed E-state index contributed by atoms with van der Waals surface area (Å²) in [5.74, 6) is 0.711. The summed E-state index contributed by atoms with van der Waals surface area (Å²) < 4.78 is 31.9. The molecule has 23 heavy (non-hydrogen) atoms. The molecule has 0 unspecified atom stereocenters. The highest BCUT2D eigenvalue weighted by Gasteiger charge is 2.16. The minimum atomic E-state index is -3.68. The number of nitrogens with zero attached hydrogens (tertiary/aromatic N) is 1. The Morgan fingerprint density at radius 3 is 2.00 bits per heavy atom. The van der Waals surface area contributed by atoms with Crippen molar-refractivity contribution in [3.05, 3.63) is 65.9 Å². The van der Waals surface area contributed by atoms with Crippen molar-refractivity contribution in [1.29, 1.82) is 0 Å². The molecular formula is C17H16N2O3S. The summed E-state index contributed by atoms with van der Waals surface area (Å²) in [5.41, 5.74) is 3.18. The first-order valence-electron chi connectivity index (χ1n) is 7.07. The van der Waals surface area contributed by atoms with Crippen LogP contribution in [-0.2, 0) is 10.0 Å². The highest BCUT2D eigenvalue weighted by molar-refractivity contribution is 7.92. The first-order valence-corrected chi connectivity index (χ1v) is 8.56. The lowest BCUT2D eigenvalue weighted by molar-refractivity contribution is 0.400. The second-order valence-electron chi connectivity index (χ2n) is 5.32. The molecule has 0 fully saturated rings. The summed E-state index contributed by atoms with van der Waals surface area (Å²) in [6, 6.07) is 16.3. The van der Waals surface area contributed by atoms with Gasteiger partial charge in [0.2, 0.25) is 0 Å². The highest BCUT2D eigenvalue weighted by atomic mass is 32.2. The van der Waals surface area contributed by atoms with Crippen molar-refractivity contribution in [2.75, 3.05) is 4.72 Å². The topological polar surface area (TPSA) is 72.2 Å². The largest absolute Gasteiger partial charge is 0.360 e. The molecule has 0 amide bonds. The number of benzene rings is 2. The van der Waals surface area contributed by atoms with Gasteiger partial charge in [-0.1, -0.05) is 47.1 Å². The normalized spacial score (nSPS) is 11.4. The van der Waals surface area contributed by atoms with Crippen LogP contribution in [0.15, 0.2) is 64.0 Å². The van der Waals surface area contributed by atoms with Gasteiger partial charge in [0, 0.05) is 6.07 Å². The van der Waals surface area contributed by atoms with Crippen LogP contribution in [0.2, 0.25) is 0 Å². The van der Waals surface area contributed by atoms with Crippen molar-refractivity contribution in [3.8, 4) is 11.1 Å². The Bertz CT molecular complexity index is 911. The van der Waals surface area contributed by atoms with Crippen molar-refractivity contribution in [3.63, 3.8) is 0 Å². The maximum atomic E-state index is 12.3. The van der Waals surface area contributed by atoms with Crippen LogP contribution >= 0.6 is 0 Å². The molecule has 2 aromatic carbocycles. The van der Waals surface area contributed by atoms with Gasteiger partial charge in [0.15, 0.2) is 5.82 Å². The van der Waals surface area contributed by atoms with Gasteiger partial charge in [-0.2, -0.15) is 0 Å². The van der Waals surface area contributed by atoms with E-state index in [-0.39, 0.29) is 10.7 Å². The zero-order valence-corrected chi connectivity index (χ0v) is 13.6. The first-order chi connectivity index (χ1) is 10.9. The third kappa shape index (κ3) is 3.43. The summed E-state index contributed by atoms with van der Waals surface area (Å²) >= 11 is 0. The number of anilines is 1. The average molecular weight is 328 g/mol. The van der Waals surface area contributed by atoms with Crippen molar-refractivity contribution in [2.24, 2.45) is 0 Å². The molecule has 0 radical (unpaired) electrons. The summed E-state index contributed by atoms with van der Waals surface area (Å²) in [6.45, 7) is 3.72. The Hall–Kier alpha value is -2.60. The maximum absolute atomic E-state index is 12.3. The lowest BCUT2D eigenvalue weighted by Gasteiger charge is -2.07. The van der Waals surface area contributed by atoms with Crippen LogP contribution in [0.4, 0.5) is 5.82 Å². The predicted molar refractivity (Wildman–Crippen MR) is 88.7 cm³/mol. The molecule has 0 atom stereocenters. The van der Waals surface area contributed by atoms with Crippen LogP contribution < -0.4 is 4.72 Å². The van der Waals surface area contributed by atoms with E-state index in [0.29, 0.717) is 5.76 Å². The van der Waals surface area contributed by atoms with Gasteiger partial charge in [0.25, 0.3) is 10.0 Å². The molecule has 0 aliphatic heterocycles. The summed E-state index contributed by atoms with van der Waals surface area (Å²) in [6.07, 6.45) is 0. The number of rotatable bonds is 4. The molecule has 0 aliphatic carbocycles. The molecule has 3 aromatic rings. The van der Waals surface area contributed by atoms with Crippen LogP contribution in [0.25, 0.3) is 11.1 Å². The van der Waals surface area contributed by atoms with Crippen LogP contribution in [0.3, 0.4) is 0 Å². The molecule has 1 heterocycles. The summed E-state index contributed by atoms with van der Waals surface area (Å²) in [7, 11) is -3.68. The molecule has 3 rings (SSSR count). The van der Waals surface area contributed by atoms with Gasteiger partial charge in [0.05, 0.1) is 4.90 Å². The van der Waals surface area contributed by atoms with Crippen LogP contribution in [0, 0.1) is 13.8 Å². The number of hydrogen-bond donors (Lipinski definition) is 1. The van der Waals surface area contributed by atoms with Crippen LogP contribution in [-0.4, -0.2) is 13.6 Å². The van der Waals surface area contributed by atoms with E-state index in [1.54, 1.807) is 31.2 Å². The van der Waals surface area contributed by atoms with Crippen molar-refractivity contribution in [1.82, 2.24) is 5.16 Å². The molecule has 0 saturated heterocycles. The van der Waals surface area contributed by atoms with E-state index in [1.807, 2.05) is 31.2 Å². The fraction of sp³-hybridized carbons (Fsp3) is 0.118. The van der Waals surface area contributed by atoms with Gasteiger partial charge in [-0.15, -0.1) is 0 Å². The Kier molecular flexibility index (Phi) is 3.92. The molecule has 0 bridgehead atoms. The number of nitrogens with one attached hydrogen (secondary N) is 1. The van der Waals surface area contributed by atoms with E-state index >= 15 is 0 Å². The van der Waals surface area contributed by atoms with Gasteiger partial charge < -0.3 is 4.52 Å². The maximum Gasteiger partial charge on any atom is 0.263 e. The number of aryl methyl sites for hydroxylation is 2. The van der Waals surface area contributed by atoms with E-state index in [9.17, 15) is 8.42 Å². The SMILES string of the molecule is Cc1ccc(-c2ccc(S(=O)(=O)Nc3cc(C)on3)cc2)cc1. The Labute approximate surface area is 135 Å². The second kappa shape index (κ2) is 5.89. The van der Waals surface area contributed by atoms with E-state index in [2.05, 4.69) is 9.88 Å². The number of hydrogen-bond acceptors (Lipinski definition) is 4. The smallest absolute Gasteiger partial charge is 0.263 e.